The highest BCUT2D eigenvalue weighted by molar-refractivity contribution is 5.78. The maximum Gasteiger partial charge on any atom is 0.234 e. The number of nitrogens with one attached hydrogen (secondary N) is 1. The van der Waals surface area contributed by atoms with Crippen LogP contribution >= 0.6 is 0 Å². The molecule has 0 radical (unpaired) electrons. The molecule has 1 saturated heterocycles. The first-order chi connectivity index (χ1) is 9.15. The first-order valence-corrected chi connectivity index (χ1v) is 6.90. The van der Waals surface area contributed by atoms with Crippen LogP contribution in [-0.4, -0.2) is 55.5 Å². The summed E-state index contributed by atoms with van der Waals surface area (Å²) >= 11 is 0. The lowest BCUT2D eigenvalue weighted by Crippen LogP contribution is -2.48. The number of piperazine rings is 1. The normalized spacial score (nSPS) is 19.1. The van der Waals surface area contributed by atoms with Gasteiger partial charge in [0, 0.05) is 26.2 Å². The molecule has 0 aliphatic carbocycles. The van der Waals surface area contributed by atoms with E-state index in [0.29, 0.717) is 6.54 Å². The zero-order valence-electron chi connectivity index (χ0n) is 11.8. The minimum Gasteiger partial charge on any atom is -0.348 e. The molecule has 1 fully saturated rings. The second-order valence-corrected chi connectivity index (χ2v) is 5.28. The van der Waals surface area contributed by atoms with Gasteiger partial charge in [0.1, 0.15) is 0 Å². The predicted octanol–water partition coefficient (Wildman–Crippen LogP) is 1.11. The Bertz CT molecular complexity index is 399. The molecule has 0 bridgehead atoms. The number of hydrogen-bond donors (Lipinski definition) is 1. The van der Waals surface area contributed by atoms with E-state index in [2.05, 4.69) is 22.2 Å². The highest BCUT2D eigenvalue weighted by Crippen LogP contribution is 2.10. The summed E-state index contributed by atoms with van der Waals surface area (Å²) in [5.41, 5.74) is 1.15. The topological polar surface area (TPSA) is 35.6 Å². The van der Waals surface area contributed by atoms with Gasteiger partial charge < -0.3 is 10.2 Å². The molecule has 0 unspecified atom stereocenters. The largest absolute Gasteiger partial charge is 0.348 e. The number of carbonyl (C=O) groups excluding carboxylic acids is 1. The Morgan fingerprint density at radius 3 is 2.47 bits per heavy atom. The van der Waals surface area contributed by atoms with Crippen molar-refractivity contribution in [1.29, 1.82) is 0 Å². The second kappa shape index (κ2) is 6.68. The van der Waals surface area contributed by atoms with Crippen LogP contribution in [-0.2, 0) is 4.79 Å². The third-order valence-electron chi connectivity index (χ3n) is 3.64. The molecule has 0 aromatic heterocycles. The van der Waals surface area contributed by atoms with E-state index < -0.39 is 0 Å². The van der Waals surface area contributed by atoms with Gasteiger partial charge >= 0.3 is 0 Å². The van der Waals surface area contributed by atoms with Gasteiger partial charge in [0.15, 0.2) is 0 Å². The van der Waals surface area contributed by atoms with E-state index in [1.54, 1.807) is 0 Å². The first-order valence-electron chi connectivity index (χ1n) is 6.90. The highest BCUT2D eigenvalue weighted by Gasteiger charge is 2.17. The van der Waals surface area contributed by atoms with Crippen LogP contribution in [0.15, 0.2) is 30.3 Å². The van der Waals surface area contributed by atoms with E-state index in [0.717, 1.165) is 31.7 Å². The molecular weight excluding hydrogens is 238 g/mol. The van der Waals surface area contributed by atoms with Crippen molar-refractivity contribution >= 4 is 5.91 Å². The first kappa shape index (κ1) is 14.0. The van der Waals surface area contributed by atoms with Crippen molar-refractivity contribution in [2.75, 3.05) is 39.8 Å². The Kier molecular flexibility index (Phi) is 4.93. The third kappa shape index (κ3) is 4.33. The zero-order valence-corrected chi connectivity index (χ0v) is 11.8. The van der Waals surface area contributed by atoms with Gasteiger partial charge in [-0.1, -0.05) is 30.3 Å². The Hall–Kier alpha value is -1.39. The van der Waals surface area contributed by atoms with Gasteiger partial charge in [-0.15, -0.1) is 0 Å². The molecule has 19 heavy (non-hydrogen) atoms. The van der Waals surface area contributed by atoms with Crippen LogP contribution in [0.2, 0.25) is 0 Å². The molecule has 104 valence electrons. The fourth-order valence-electron chi connectivity index (χ4n) is 2.32. The molecule has 4 nitrogen and oxygen atoms in total. The van der Waals surface area contributed by atoms with Crippen LogP contribution in [0.5, 0.6) is 0 Å². The molecule has 1 aliphatic heterocycles. The summed E-state index contributed by atoms with van der Waals surface area (Å²) in [5, 5.41) is 3.06. The summed E-state index contributed by atoms with van der Waals surface area (Å²) in [7, 11) is 2.12. The van der Waals surface area contributed by atoms with Crippen molar-refractivity contribution in [1.82, 2.24) is 15.1 Å². The molecule has 4 heteroatoms. The van der Waals surface area contributed by atoms with Gasteiger partial charge in [-0.2, -0.15) is 0 Å². The molecule has 1 atom stereocenters. The second-order valence-electron chi connectivity index (χ2n) is 5.28. The van der Waals surface area contributed by atoms with Crippen LogP contribution < -0.4 is 5.32 Å². The molecule has 1 heterocycles. The SMILES string of the molecule is C[C@@H](NC(=O)CN1CCN(C)CC1)c1ccccc1. The lowest BCUT2D eigenvalue weighted by Gasteiger charge is -2.32. The highest BCUT2D eigenvalue weighted by atomic mass is 16.2. The van der Waals surface area contributed by atoms with Crippen LogP contribution in [0.1, 0.15) is 18.5 Å². The van der Waals surface area contributed by atoms with Crippen molar-refractivity contribution in [3.63, 3.8) is 0 Å². The molecular formula is C15H23N3O. The van der Waals surface area contributed by atoms with Crippen LogP contribution in [0, 0.1) is 0 Å². The molecule has 1 N–H and O–H groups in total. The van der Waals surface area contributed by atoms with E-state index in [1.165, 1.54) is 0 Å². The van der Waals surface area contributed by atoms with Gasteiger partial charge in [0.05, 0.1) is 12.6 Å². The molecule has 1 amide bonds. The van der Waals surface area contributed by atoms with Crippen molar-refractivity contribution in [3.05, 3.63) is 35.9 Å². The molecule has 1 aromatic rings. The Morgan fingerprint density at radius 1 is 1.21 bits per heavy atom. The summed E-state index contributed by atoms with van der Waals surface area (Å²) in [6, 6.07) is 10.1. The van der Waals surface area contributed by atoms with E-state index in [1.807, 2.05) is 37.3 Å². The van der Waals surface area contributed by atoms with Crippen molar-refractivity contribution in [3.8, 4) is 0 Å². The van der Waals surface area contributed by atoms with E-state index in [9.17, 15) is 4.79 Å². The Morgan fingerprint density at radius 2 is 1.84 bits per heavy atom. The molecule has 1 aliphatic rings. The minimum absolute atomic E-state index is 0.0705. The number of rotatable bonds is 4. The molecule has 1 aromatic carbocycles. The maximum absolute atomic E-state index is 12.0. The van der Waals surface area contributed by atoms with Crippen LogP contribution in [0.4, 0.5) is 0 Å². The average molecular weight is 261 g/mol. The Balaban J connectivity index is 1.78. The Labute approximate surface area is 115 Å². The van der Waals surface area contributed by atoms with Crippen LogP contribution in [0.25, 0.3) is 0 Å². The number of carbonyl (C=O) groups is 1. The third-order valence-corrected chi connectivity index (χ3v) is 3.64. The van der Waals surface area contributed by atoms with E-state index in [-0.39, 0.29) is 11.9 Å². The lowest BCUT2D eigenvalue weighted by molar-refractivity contribution is -0.123. The standard InChI is InChI=1S/C15H23N3O/c1-13(14-6-4-3-5-7-14)16-15(19)12-18-10-8-17(2)9-11-18/h3-7,13H,8-12H2,1-2H3,(H,16,19)/t13-/m1/s1. The average Bonchev–Trinajstić information content (AvgIpc) is 2.42. The zero-order chi connectivity index (χ0) is 13.7. The van der Waals surface area contributed by atoms with Crippen molar-refractivity contribution in [2.45, 2.75) is 13.0 Å². The van der Waals surface area contributed by atoms with Gasteiger partial charge in [-0.3, -0.25) is 9.69 Å². The number of nitrogens with zero attached hydrogens (tertiary/aromatic N) is 2. The van der Waals surface area contributed by atoms with Gasteiger partial charge in [-0.25, -0.2) is 0 Å². The molecule has 2 rings (SSSR count). The van der Waals surface area contributed by atoms with Crippen LogP contribution in [0.3, 0.4) is 0 Å². The molecule has 0 saturated carbocycles. The summed E-state index contributed by atoms with van der Waals surface area (Å²) in [6.07, 6.45) is 0. The van der Waals surface area contributed by atoms with Gasteiger partial charge in [-0.05, 0) is 19.5 Å². The number of benzene rings is 1. The summed E-state index contributed by atoms with van der Waals surface area (Å²) in [6.45, 7) is 6.57. The quantitative estimate of drug-likeness (QED) is 0.882. The number of amides is 1. The van der Waals surface area contributed by atoms with Gasteiger partial charge in [0.25, 0.3) is 0 Å². The molecule has 0 spiro atoms. The predicted molar refractivity (Wildman–Crippen MR) is 76.9 cm³/mol. The van der Waals surface area contributed by atoms with Crippen molar-refractivity contribution < 1.29 is 4.79 Å². The van der Waals surface area contributed by atoms with Gasteiger partial charge in [0.2, 0.25) is 5.91 Å². The van der Waals surface area contributed by atoms with E-state index in [4.69, 9.17) is 0 Å². The maximum atomic E-state index is 12.0. The lowest BCUT2D eigenvalue weighted by atomic mass is 10.1. The monoisotopic (exact) mass is 261 g/mol. The summed E-state index contributed by atoms with van der Waals surface area (Å²) in [5.74, 6) is 0.112. The number of hydrogen-bond acceptors (Lipinski definition) is 3. The van der Waals surface area contributed by atoms with Crippen molar-refractivity contribution in [2.24, 2.45) is 0 Å². The summed E-state index contributed by atoms with van der Waals surface area (Å²) in [4.78, 5) is 16.5. The smallest absolute Gasteiger partial charge is 0.234 e. The van der Waals surface area contributed by atoms with E-state index >= 15 is 0 Å². The fourth-order valence-corrected chi connectivity index (χ4v) is 2.32. The summed E-state index contributed by atoms with van der Waals surface area (Å²) < 4.78 is 0. The fraction of sp³-hybridized carbons (Fsp3) is 0.533. The minimum atomic E-state index is 0.0705. The number of likely N-dealkylation sites (N-methyl/N-ethyl adjacent to an activating group) is 1.